The predicted molar refractivity (Wildman–Crippen MR) is 74.0 cm³/mol. The Bertz CT molecular complexity index is 500. The summed E-state index contributed by atoms with van der Waals surface area (Å²) in [5.41, 5.74) is 7.95. The van der Waals surface area contributed by atoms with Gasteiger partial charge in [0.2, 0.25) is 0 Å². The zero-order chi connectivity index (χ0) is 12.3. The summed E-state index contributed by atoms with van der Waals surface area (Å²) in [6.07, 6.45) is 1.67. The van der Waals surface area contributed by atoms with Crippen LogP contribution in [-0.2, 0) is 13.1 Å². The molecule has 0 aliphatic heterocycles. The van der Waals surface area contributed by atoms with Crippen LogP contribution in [0.1, 0.15) is 11.1 Å². The van der Waals surface area contributed by atoms with E-state index in [1.165, 1.54) is 5.56 Å². The Balaban J connectivity index is 2.16. The molecule has 0 aliphatic carbocycles. The lowest BCUT2D eigenvalue weighted by atomic mass is 10.2. The van der Waals surface area contributed by atoms with E-state index in [-0.39, 0.29) is 0 Å². The van der Waals surface area contributed by atoms with Gasteiger partial charge in [0.25, 0.3) is 0 Å². The van der Waals surface area contributed by atoms with Gasteiger partial charge >= 0.3 is 0 Å². The maximum atomic E-state index is 5.69. The molecule has 6 heteroatoms. The maximum Gasteiger partial charge on any atom is 0.155 e. The highest BCUT2D eigenvalue weighted by atomic mass is 79.9. The Hall–Kier alpha value is -0.980. The van der Waals surface area contributed by atoms with E-state index in [4.69, 9.17) is 5.73 Å². The van der Waals surface area contributed by atoms with Crippen LogP contribution in [0, 0.1) is 0 Å². The molecule has 0 bridgehead atoms. The van der Waals surface area contributed by atoms with Crippen LogP contribution in [0.15, 0.2) is 27.5 Å². The molecular formula is C11H13BrN4S. The van der Waals surface area contributed by atoms with Crippen molar-refractivity contribution in [2.45, 2.75) is 13.1 Å². The molecule has 2 aromatic rings. The van der Waals surface area contributed by atoms with Crippen molar-refractivity contribution in [1.29, 1.82) is 0 Å². The van der Waals surface area contributed by atoms with Crippen molar-refractivity contribution in [2.24, 2.45) is 5.73 Å². The standard InChI is InChI=1S/C11H13BrN4S/c1-16(6-8-4-10(12)17-7-8)11-9(5-13)2-3-14-15-11/h2-4,7H,5-6,13H2,1H3. The van der Waals surface area contributed by atoms with E-state index in [1.54, 1.807) is 17.5 Å². The normalized spacial score (nSPS) is 10.5. The Kier molecular flexibility index (Phi) is 4.09. The second-order valence-corrected chi connectivity index (χ2v) is 5.99. The molecule has 0 saturated carbocycles. The first-order valence-corrected chi connectivity index (χ1v) is 6.82. The van der Waals surface area contributed by atoms with E-state index in [9.17, 15) is 0 Å². The lowest BCUT2D eigenvalue weighted by Gasteiger charge is -2.19. The summed E-state index contributed by atoms with van der Waals surface area (Å²) in [4.78, 5) is 2.06. The number of hydrogen-bond acceptors (Lipinski definition) is 5. The largest absolute Gasteiger partial charge is 0.354 e. The average molecular weight is 313 g/mol. The summed E-state index contributed by atoms with van der Waals surface area (Å²) < 4.78 is 1.14. The van der Waals surface area contributed by atoms with Crippen LogP contribution in [-0.4, -0.2) is 17.2 Å². The summed E-state index contributed by atoms with van der Waals surface area (Å²) in [5, 5.41) is 10.2. The molecule has 0 saturated heterocycles. The van der Waals surface area contributed by atoms with Gasteiger partial charge in [0.05, 0.1) is 9.98 Å². The van der Waals surface area contributed by atoms with Gasteiger partial charge in [0.15, 0.2) is 5.82 Å². The zero-order valence-electron chi connectivity index (χ0n) is 9.43. The van der Waals surface area contributed by atoms with Gasteiger partial charge in [-0.25, -0.2) is 0 Å². The minimum absolute atomic E-state index is 0.475. The molecule has 2 aromatic heterocycles. The molecule has 2 rings (SSSR count). The lowest BCUT2D eigenvalue weighted by Crippen LogP contribution is -2.20. The second-order valence-electron chi connectivity index (χ2n) is 3.70. The van der Waals surface area contributed by atoms with Crippen molar-refractivity contribution in [3.05, 3.63) is 38.6 Å². The van der Waals surface area contributed by atoms with Crippen molar-refractivity contribution >= 4 is 33.1 Å². The van der Waals surface area contributed by atoms with Crippen LogP contribution in [0.2, 0.25) is 0 Å². The van der Waals surface area contributed by atoms with Crippen LogP contribution in [0.3, 0.4) is 0 Å². The molecule has 0 aliphatic rings. The van der Waals surface area contributed by atoms with Crippen LogP contribution >= 0.6 is 27.3 Å². The fourth-order valence-electron chi connectivity index (χ4n) is 1.61. The molecule has 2 N–H and O–H groups in total. The van der Waals surface area contributed by atoms with Crippen LogP contribution in [0.25, 0.3) is 0 Å². The molecule has 4 nitrogen and oxygen atoms in total. The highest BCUT2D eigenvalue weighted by Gasteiger charge is 2.09. The molecule has 0 spiro atoms. The van der Waals surface area contributed by atoms with E-state index < -0.39 is 0 Å². The minimum Gasteiger partial charge on any atom is -0.354 e. The van der Waals surface area contributed by atoms with Crippen LogP contribution < -0.4 is 10.6 Å². The SMILES string of the molecule is CN(Cc1csc(Br)c1)c1nnccc1CN. The molecule has 90 valence electrons. The van der Waals surface area contributed by atoms with Gasteiger partial charge in [-0.15, -0.1) is 16.4 Å². The number of anilines is 1. The van der Waals surface area contributed by atoms with Gasteiger partial charge in [-0.3, -0.25) is 0 Å². The minimum atomic E-state index is 0.475. The van der Waals surface area contributed by atoms with Crippen molar-refractivity contribution < 1.29 is 0 Å². The van der Waals surface area contributed by atoms with Crippen molar-refractivity contribution in [3.8, 4) is 0 Å². The number of hydrogen-bond donors (Lipinski definition) is 1. The number of rotatable bonds is 4. The van der Waals surface area contributed by atoms with Gasteiger partial charge in [0.1, 0.15) is 0 Å². The summed E-state index contributed by atoms with van der Waals surface area (Å²) in [6, 6.07) is 4.02. The number of aromatic nitrogens is 2. The predicted octanol–water partition coefficient (Wildman–Crippen LogP) is 2.40. The van der Waals surface area contributed by atoms with Crippen LogP contribution in [0.5, 0.6) is 0 Å². The van der Waals surface area contributed by atoms with Gasteiger partial charge < -0.3 is 10.6 Å². The Morgan fingerprint density at radius 2 is 2.35 bits per heavy atom. The average Bonchev–Trinajstić information content (AvgIpc) is 2.74. The van der Waals surface area contributed by atoms with E-state index in [0.29, 0.717) is 6.54 Å². The molecule has 17 heavy (non-hydrogen) atoms. The summed E-state index contributed by atoms with van der Waals surface area (Å²) in [5.74, 6) is 0.845. The van der Waals surface area contributed by atoms with Crippen molar-refractivity contribution in [3.63, 3.8) is 0 Å². The highest BCUT2D eigenvalue weighted by Crippen LogP contribution is 2.23. The number of nitrogens with two attached hydrogens (primary N) is 1. The third-order valence-corrected chi connectivity index (χ3v) is 3.96. The number of thiophene rings is 1. The molecule has 0 amide bonds. The smallest absolute Gasteiger partial charge is 0.155 e. The van der Waals surface area contributed by atoms with Crippen molar-refractivity contribution in [2.75, 3.05) is 11.9 Å². The lowest BCUT2D eigenvalue weighted by molar-refractivity contribution is 0.845. The fourth-order valence-corrected chi connectivity index (χ4v) is 2.81. The topological polar surface area (TPSA) is 55.0 Å². The monoisotopic (exact) mass is 312 g/mol. The van der Waals surface area contributed by atoms with E-state index >= 15 is 0 Å². The van der Waals surface area contributed by atoms with E-state index in [1.807, 2.05) is 13.1 Å². The maximum absolute atomic E-state index is 5.69. The van der Waals surface area contributed by atoms with Gasteiger partial charge in [-0.2, -0.15) is 5.10 Å². The first-order valence-electron chi connectivity index (χ1n) is 5.15. The molecule has 2 heterocycles. The summed E-state index contributed by atoms with van der Waals surface area (Å²) in [7, 11) is 1.99. The van der Waals surface area contributed by atoms with E-state index in [2.05, 4.69) is 42.5 Å². The van der Waals surface area contributed by atoms with E-state index in [0.717, 1.165) is 21.7 Å². The molecule has 0 aromatic carbocycles. The van der Waals surface area contributed by atoms with Crippen molar-refractivity contribution in [1.82, 2.24) is 10.2 Å². The molecule has 0 radical (unpaired) electrons. The van der Waals surface area contributed by atoms with Crippen LogP contribution in [0.4, 0.5) is 5.82 Å². The first-order chi connectivity index (χ1) is 8.20. The second kappa shape index (κ2) is 5.57. The molecule has 0 fully saturated rings. The third kappa shape index (κ3) is 3.02. The number of nitrogens with zero attached hydrogens (tertiary/aromatic N) is 3. The molecule has 0 atom stereocenters. The highest BCUT2D eigenvalue weighted by molar-refractivity contribution is 9.11. The third-order valence-electron chi connectivity index (χ3n) is 2.41. The fraction of sp³-hybridized carbons (Fsp3) is 0.273. The van der Waals surface area contributed by atoms with Gasteiger partial charge in [-0.05, 0) is 39.0 Å². The molecular weight excluding hydrogens is 300 g/mol. The van der Waals surface area contributed by atoms with Gasteiger partial charge in [-0.1, -0.05) is 0 Å². The van der Waals surface area contributed by atoms with Gasteiger partial charge in [0, 0.05) is 25.7 Å². The zero-order valence-corrected chi connectivity index (χ0v) is 11.8. The Labute approximate surface area is 113 Å². The number of halogens is 1. The Morgan fingerprint density at radius 3 is 3.00 bits per heavy atom. The summed E-state index contributed by atoms with van der Waals surface area (Å²) >= 11 is 5.14. The summed E-state index contributed by atoms with van der Waals surface area (Å²) in [6.45, 7) is 1.27. The first kappa shape index (κ1) is 12.5. The quantitative estimate of drug-likeness (QED) is 0.942. The Morgan fingerprint density at radius 1 is 1.53 bits per heavy atom. The molecule has 0 unspecified atom stereocenters.